The Kier molecular flexibility index (Phi) is 7.17. The molecule has 196 valence electrons. The molecule has 4 aromatic rings. The summed E-state index contributed by atoms with van der Waals surface area (Å²) in [7, 11) is 1.62. The first-order valence-electron chi connectivity index (χ1n) is 12.7. The van der Waals surface area contributed by atoms with Crippen molar-refractivity contribution in [3.05, 3.63) is 95.4 Å². The van der Waals surface area contributed by atoms with Crippen molar-refractivity contribution in [2.45, 2.75) is 32.9 Å². The summed E-state index contributed by atoms with van der Waals surface area (Å²) in [4.78, 5) is 27.6. The van der Waals surface area contributed by atoms with Gasteiger partial charge in [0.15, 0.2) is 0 Å². The molecule has 2 amide bonds. The number of esters is 1. The third-order valence-electron chi connectivity index (χ3n) is 6.66. The number of benzene rings is 2. The molecule has 0 unspecified atom stereocenters. The van der Waals surface area contributed by atoms with Gasteiger partial charge in [0, 0.05) is 11.8 Å². The van der Waals surface area contributed by atoms with Gasteiger partial charge in [-0.05, 0) is 55.3 Å². The predicted octanol–water partition coefficient (Wildman–Crippen LogP) is 4.41. The molecule has 0 saturated heterocycles. The number of fused-ring (bicyclic) bond motifs is 3. The van der Waals surface area contributed by atoms with Crippen molar-refractivity contribution in [2.75, 3.05) is 20.3 Å². The van der Waals surface area contributed by atoms with Crippen LogP contribution in [0.3, 0.4) is 0 Å². The van der Waals surface area contributed by atoms with Crippen molar-refractivity contribution in [2.24, 2.45) is 0 Å². The summed E-state index contributed by atoms with van der Waals surface area (Å²) in [5.41, 5.74) is 4.56. The predicted molar refractivity (Wildman–Crippen MR) is 143 cm³/mol. The van der Waals surface area contributed by atoms with Gasteiger partial charge in [0.25, 0.3) is 0 Å². The molecule has 0 spiro atoms. The number of urea groups is 1. The third kappa shape index (κ3) is 4.63. The molecule has 2 aromatic carbocycles. The number of aromatic nitrogens is 3. The lowest BCUT2D eigenvalue weighted by molar-refractivity contribution is -0.141. The SMILES string of the molecule is CCOC(=O)CNC(=O)N1Cc2c(CC)nn(-c3ccccc3)c2-n2cccc2[C@H]1c1cccc(OC)c1. The van der Waals surface area contributed by atoms with Crippen LogP contribution in [-0.2, 0) is 22.5 Å². The minimum absolute atomic E-state index is 0.216. The van der Waals surface area contributed by atoms with E-state index in [0.717, 1.165) is 34.0 Å². The highest BCUT2D eigenvalue weighted by Crippen LogP contribution is 2.39. The Morgan fingerprint density at radius 1 is 1.05 bits per heavy atom. The molecular formula is C29H31N5O4. The number of hydrogen-bond acceptors (Lipinski definition) is 5. The van der Waals surface area contributed by atoms with Crippen LogP contribution in [0.1, 0.15) is 42.4 Å². The molecule has 1 aliphatic heterocycles. The van der Waals surface area contributed by atoms with E-state index in [9.17, 15) is 9.59 Å². The number of carbonyl (C=O) groups is 2. The standard InChI is InChI=1S/C29H31N5O4/c1-4-24-23-19-33(29(36)30-18-26(35)38-5-2)27(20-11-9-14-22(17-20)37-3)25-15-10-16-32(25)28(23)34(31-24)21-12-7-6-8-13-21/h6-17,27H,4-5,18-19H2,1-3H3,(H,30,36)/t27-/m1/s1. The van der Waals surface area contributed by atoms with E-state index in [-0.39, 0.29) is 19.2 Å². The van der Waals surface area contributed by atoms with Crippen LogP contribution in [0.15, 0.2) is 72.9 Å². The van der Waals surface area contributed by atoms with Crippen LogP contribution in [0.2, 0.25) is 0 Å². The highest BCUT2D eigenvalue weighted by Gasteiger charge is 2.36. The van der Waals surface area contributed by atoms with Gasteiger partial charge in [-0.3, -0.25) is 4.79 Å². The molecule has 0 fully saturated rings. The van der Waals surface area contributed by atoms with Gasteiger partial charge in [-0.25, -0.2) is 9.48 Å². The van der Waals surface area contributed by atoms with Gasteiger partial charge in [-0.1, -0.05) is 37.3 Å². The van der Waals surface area contributed by atoms with Crippen molar-refractivity contribution < 1.29 is 19.1 Å². The second-order valence-electron chi connectivity index (χ2n) is 8.92. The summed E-state index contributed by atoms with van der Waals surface area (Å²) < 4.78 is 14.6. The quantitative estimate of drug-likeness (QED) is 0.370. The van der Waals surface area contributed by atoms with Crippen molar-refractivity contribution in [3.63, 3.8) is 0 Å². The maximum absolute atomic E-state index is 13.8. The first kappa shape index (κ1) is 25.1. The van der Waals surface area contributed by atoms with Gasteiger partial charge in [-0.15, -0.1) is 0 Å². The fourth-order valence-electron chi connectivity index (χ4n) is 4.97. The Labute approximate surface area is 221 Å². The highest BCUT2D eigenvalue weighted by molar-refractivity contribution is 5.81. The molecule has 1 aliphatic rings. The molecule has 0 radical (unpaired) electrons. The summed E-state index contributed by atoms with van der Waals surface area (Å²) in [6.45, 7) is 4.12. The minimum Gasteiger partial charge on any atom is -0.497 e. The van der Waals surface area contributed by atoms with Crippen LogP contribution in [0.25, 0.3) is 11.5 Å². The average Bonchev–Trinajstić information content (AvgIpc) is 3.53. The number of methoxy groups -OCH3 is 1. The fraction of sp³-hybridized carbons (Fsp3) is 0.276. The minimum atomic E-state index is -0.483. The topological polar surface area (TPSA) is 90.6 Å². The normalized spacial score (nSPS) is 14.3. The van der Waals surface area contributed by atoms with Crippen LogP contribution in [0, 0.1) is 0 Å². The Hall–Kier alpha value is -4.53. The number of carbonyl (C=O) groups excluding carboxylic acids is 2. The zero-order valence-electron chi connectivity index (χ0n) is 21.8. The average molecular weight is 514 g/mol. The monoisotopic (exact) mass is 513 g/mol. The van der Waals surface area contributed by atoms with E-state index in [4.69, 9.17) is 14.6 Å². The molecule has 38 heavy (non-hydrogen) atoms. The van der Waals surface area contributed by atoms with Crippen LogP contribution >= 0.6 is 0 Å². The summed E-state index contributed by atoms with van der Waals surface area (Å²) in [6.07, 6.45) is 2.70. The fourth-order valence-corrected chi connectivity index (χ4v) is 4.97. The number of para-hydroxylation sites is 1. The second-order valence-corrected chi connectivity index (χ2v) is 8.92. The molecule has 1 atom stereocenters. The van der Waals surface area contributed by atoms with Gasteiger partial charge >= 0.3 is 12.0 Å². The zero-order valence-corrected chi connectivity index (χ0v) is 21.8. The van der Waals surface area contributed by atoms with Gasteiger partial charge in [-0.2, -0.15) is 5.10 Å². The number of aryl methyl sites for hydroxylation is 1. The molecule has 0 bridgehead atoms. The van der Waals surface area contributed by atoms with Gasteiger partial charge in [0.1, 0.15) is 18.1 Å². The number of nitrogens with zero attached hydrogens (tertiary/aromatic N) is 4. The number of nitrogens with one attached hydrogen (secondary N) is 1. The third-order valence-corrected chi connectivity index (χ3v) is 6.66. The smallest absolute Gasteiger partial charge is 0.325 e. The largest absolute Gasteiger partial charge is 0.497 e. The molecule has 0 saturated carbocycles. The lowest BCUT2D eigenvalue weighted by Gasteiger charge is -2.31. The maximum Gasteiger partial charge on any atom is 0.325 e. The Balaban J connectivity index is 1.68. The van der Waals surface area contributed by atoms with Crippen molar-refractivity contribution >= 4 is 12.0 Å². The van der Waals surface area contributed by atoms with Gasteiger partial charge in [0.05, 0.1) is 43.4 Å². The van der Waals surface area contributed by atoms with E-state index in [1.54, 1.807) is 18.9 Å². The second kappa shape index (κ2) is 10.8. The van der Waals surface area contributed by atoms with E-state index in [1.807, 2.05) is 77.6 Å². The summed E-state index contributed by atoms with van der Waals surface area (Å²) >= 11 is 0. The number of hydrogen-bond donors (Lipinski definition) is 1. The van der Waals surface area contributed by atoms with E-state index >= 15 is 0 Å². The molecule has 0 aliphatic carbocycles. The number of amides is 2. The molecule has 2 aromatic heterocycles. The lowest BCUT2D eigenvalue weighted by atomic mass is 10.0. The Morgan fingerprint density at radius 3 is 2.61 bits per heavy atom. The first-order chi connectivity index (χ1) is 18.5. The molecule has 5 rings (SSSR count). The van der Waals surface area contributed by atoms with Crippen molar-refractivity contribution in [3.8, 4) is 17.3 Å². The lowest BCUT2D eigenvalue weighted by Crippen LogP contribution is -2.44. The molecule has 9 heteroatoms. The summed E-state index contributed by atoms with van der Waals surface area (Å²) in [6, 6.07) is 20.8. The molecule has 9 nitrogen and oxygen atoms in total. The van der Waals surface area contributed by atoms with Crippen LogP contribution in [0.5, 0.6) is 5.75 Å². The molecular weight excluding hydrogens is 482 g/mol. The Bertz CT molecular complexity index is 1440. The van der Waals surface area contributed by atoms with Crippen LogP contribution < -0.4 is 10.1 Å². The van der Waals surface area contributed by atoms with Crippen molar-refractivity contribution in [1.82, 2.24) is 24.6 Å². The zero-order chi connectivity index (χ0) is 26.6. The van der Waals surface area contributed by atoms with E-state index in [0.29, 0.717) is 18.7 Å². The summed E-state index contributed by atoms with van der Waals surface area (Å²) in [5, 5.41) is 7.73. The van der Waals surface area contributed by atoms with Gasteiger partial charge in [0.2, 0.25) is 0 Å². The van der Waals surface area contributed by atoms with Crippen LogP contribution in [-0.4, -0.2) is 51.5 Å². The highest BCUT2D eigenvalue weighted by atomic mass is 16.5. The number of ether oxygens (including phenoxy) is 2. The Morgan fingerprint density at radius 2 is 1.87 bits per heavy atom. The van der Waals surface area contributed by atoms with E-state index < -0.39 is 12.0 Å². The first-order valence-corrected chi connectivity index (χ1v) is 12.7. The van der Waals surface area contributed by atoms with E-state index in [2.05, 4.69) is 16.8 Å². The van der Waals surface area contributed by atoms with Gasteiger partial charge < -0.3 is 24.3 Å². The van der Waals surface area contributed by atoms with E-state index in [1.165, 1.54) is 0 Å². The number of rotatable bonds is 7. The molecule has 3 heterocycles. The molecule has 1 N–H and O–H groups in total. The summed E-state index contributed by atoms with van der Waals surface area (Å²) in [5.74, 6) is 1.10. The maximum atomic E-state index is 13.8. The van der Waals surface area contributed by atoms with Crippen molar-refractivity contribution in [1.29, 1.82) is 0 Å². The van der Waals surface area contributed by atoms with Crippen LogP contribution in [0.4, 0.5) is 4.79 Å².